The maximum Gasteiger partial charge on any atom is 0.308 e. The van der Waals surface area contributed by atoms with Gasteiger partial charge in [0.15, 0.2) is 0 Å². The number of hydrogen-bond donors (Lipinski definition) is 1. The van der Waals surface area contributed by atoms with Gasteiger partial charge < -0.3 is 5.11 Å². The van der Waals surface area contributed by atoms with Crippen LogP contribution in [-0.2, 0) is 4.79 Å². The van der Waals surface area contributed by atoms with Crippen LogP contribution < -0.4 is 0 Å². The van der Waals surface area contributed by atoms with Gasteiger partial charge in [0.2, 0.25) is 0 Å². The van der Waals surface area contributed by atoms with E-state index in [1.54, 1.807) is 20.8 Å². The van der Waals surface area contributed by atoms with Gasteiger partial charge in [-0.3, -0.25) is 4.79 Å². The van der Waals surface area contributed by atoms with E-state index in [4.69, 9.17) is 5.11 Å². The van der Waals surface area contributed by atoms with Crippen LogP contribution in [0.4, 0.5) is 0 Å². The normalized spacial score (nSPS) is 11.5. The van der Waals surface area contributed by atoms with Crippen molar-refractivity contribution in [3.63, 3.8) is 0 Å². The second-order valence-electron chi connectivity index (χ2n) is 3.61. The van der Waals surface area contributed by atoms with Crippen LogP contribution in [-0.4, -0.2) is 11.1 Å². The second-order valence-corrected chi connectivity index (χ2v) is 3.61. The van der Waals surface area contributed by atoms with E-state index < -0.39 is 11.4 Å². The summed E-state index contributed by atoms with van der Waals surface area (Å²) in [5, 5.41) is 8.25. The molecule has 0 rings (SSSR count). The number of aliphatic carboxylic acids is 1. The molecule has 76 valence electrons. The highest BCUT2D eigenvalue weighted by molar-refractivity contribution is 5.72. The number of hydrogen-bond acceptors (Lipinski definition) is 1. The van der Waals surface area contributed by atoms with E-state index in [0.29, 0.717) is 0 Å². The summed E-state index contributed by atoms with van der Waals surface area (Å²) in [5.41, 5.74) is -0.583. The molecule has 0 spiro atoms. The van der Waals surface area contributed by atoms with Gasteiger partial charge >= 0.3 is 5.97 Å². The van der Waals surface area contributed by atoms with Crippen molar-refractivity contribution >= 4 is 5.97 Å². The first-order valence-corrected chi connectivity index (χ1v) is 4.33. The third-order valence-corrected chi connectivity index (χ3v) is 1.14. The number of carboxylic acids is 1. The number of carboxylic acid groups (broad SMARTS) is 1. The Bertz CT molecular complexity index is 173. The lowest BCUT2D eigenvalue weighted by Crippen LogP contribution is -2.18. The van der Waals surface area contributed by atoms with E-state index in [0.717, 1.165) is 0 Å². The van der Waals surface area contributed by atoms with Gasteiger partial charge in [-0.25, -0.2) is 0 Å². The van der Waals surface area contributed by atoms with E-state index >= 15 is 0 Å². The molecule has 2 nitrogen and oxygen atoms in total. The van der Waals surface area contributed by atoms with E-state index in [2.05, 4.69) is 0 Å². The molecule has 0 aliphatic heterocycles. The molecule has 0 heterocycles. The van der Waals surface area contributed by atoms with Crippen molar-refractivity contribution in [2.45, 2.75) is 34.6 Å². The average molecular weight is 184 g/mol. The smallest absolute Gasteiger partial charge is 0.308 e. The third-order valence-electron chi connectivity index (χ3n) is 1.14. The first kappa shape index (κ1) is 14.5. The van der Waals surface area contributed by atoms with Gasteiger partial charge in [0.25, 0.3) is 0 Å². The van der Waals surface area contributed by atoms with Crippen LogP contribution in [0.5, 0.6) is 0 Å². The van der Waals surface area contributed by atoms with E-state index in [1.165, 1.54) is 0 Å². The molecule has 0 aliphatic carbocycles. The van der Waals surface area contributed by atoms with Gasteiger partial charge in [0.05, 0.1) is 5.41 Å². The Hall–Kier alpha value is -1.05. The minimum absolute atomic E-state index is 0.583. The quantitative estimate of drug-likeness (QED) is 0.635. The zero-order valence-electron chi connectivity index (χ0n) is 9.16. The average Bonchev–Trinajstić information content (AvgIpc) is 2.00. The standard InChI is InChI=1S/C6H10.C5H10O2/c1-3-5-6-4-2;1-5(2,3)4(6)7/h3-6H,1-2H3;1-3H3,(H,6,7). The van der Waals surface area contributed by atoms with Gasteiger partial charge in [0.1, 0.15) is 0 Å². The summed E-state index contributed by atoms with van der Waals surface area (Å²) in [4.78, 5) is 10.0. The topological polar surface area (TPSA) is 37.3 Å². The van der Waals surface area contributed by atoms with Gasteiger partial charge in [-0.15, -0.1) is 0 Å². The lowest BCUT2D eigenvalue weighted by atomic mass is 9.98. The Labute approximate surface area is 81.0 Å². The maximum atomic E-state index is 10.0. The lowest BCUT2D eigenvalue weighted by molar-refractivity contribution is -0.145. The van der Waals surface area contributed by atoms with Crippen LogP contribution in [0.3, 0.4) is 0 Å². The fraction of sp³-hybridized carbons (Fsp3) is 0.545. The molecule has 1 N–H and O–H groups in total. The van der Waals surface area contributed by atoms with Crippen molar-refractivity contribution in [2.75, 3.05) is 0 Å². The Kier molecular flexibility index (Phi) is 8.45. The largest absolute Gasteiger partial charge is 0.481 e. The molecule has 13 heavy (non-hydrogen) atoms. The van der Waals surface area contributed by atoms with Crippen LogP contribution in [0.25, 0.3) is 0 Å². The van der Waals surface area contributed by atoms with Crippen LogP contribution in [0, 0.1) is 5.41 Å². The Morgan fingerprint density at radius 3 is 1.38 bits per heavy atom. The molecule has 0 aliphatic rings. The van der Waals surface area contributed by atoms with Crippen molar-refractivity contribution in [3.8, 4) is 0 Å². The highest BCUT2D eigenvalue weighted by atomic mass is 16.4. The summed E-state index contributed by atoms with van der Waals surface area (Å²) < 4.78 is 0. The zero-order chi connectivity index (χ0) is 10.9. The van der Waals surface area contributed by atoms with Gasteiger partial charge in [-0.1, -0.05) is 24.3 Å². The summed E-state index contributed by atoms with van der Waals surface area (Å²) in [7, 11) is 0. The fourth-order valence-corrected chi connectivity index (χ4v) is 0.222. The minimum Gasteiger partial charge on any atom is -0.481 e. The van der Waals surface area contributed by atoms with Crippen LogP contribution in [0.2, 0.25) is 0 Å². The third kappa shape index (κ3) is 13.9. The minimum atomic E-state index is -0.757. The fourth-order valence-electron chi connectivity index (χ4n) is 0.222. The molecule has 0 radical (unpaired) electrons. The van der Waals surface area contributed by atoms with Gasteiger partial charge in [0, 0.05) is 0 Å². The summed E-state index contributed by atoms with van der Waals surface area (Å²) in [6.45, 7) is 8.99. The molecule has 0 aromatic carbocycles. The summed E-state index contributed by atoms with van der Waals surface area (Å²) in [5.74, 6) is -0.757. The van der Waals surface area contributed by atoms with Crippen molar-refractivity contribution in [3.05, 3.63) is 24.3 Å². The molecule has 0 saturated heterocycles. The molecule has 0 unspecified atom stereocenters. The summed E-state index contributed by atoms with van der Waals surface area (Å²) in [6, 6.07) is 0. The predicted octanol–water partition coefficient (Wildman–Crippen LogP) is 3.26. The molecule has 0 bridgehead atoms. The highest BCUT2D eigenvalue weighted by Crippen LogP contribution is 2.11. The molecular weight excluding hydrogens is 164 g/mol. The Morgan fingerprint density at radius 1 is 1.08 bits per heavy atom. The molecular formula is C11H20O2. The molecule has 0 fully saturated rings. The molecule has 0 saturated carbocycles. The number of carbonyl (C=O) groups is 1. The van der Waals surface area contributed by atoms with Crippen LogP contribution in [0.1, 0.15) is 34.6 Å². The molecule has 0 aromatic rings. The highest BCUT2D eigenvalue weighted by Gasteiger charge is 2.18. The first-order chi connectivity index (χ1) is 5.86. The lowest BCUT2D eigenvalue weighted by Gasteiger charge is -2.08. The Balaban J connectivity index is 0. The Morgan fingerprint density at radius 2 is 1.31 bits per heavy atom. The van der Waals surface area contributed by atoms with E-state index in [9.17, 15) is 4.79 Å². The van der Waals surface area contributed by atoms with Crippen molar-refractivity contribution < 1.29 is 9.90 Å². The molecule has 2 heteroatoms. The van der Waals surface area contributed by atoms with E-state index in [-0.39, 0.29) is 0 Å². The molecule has 0 amide bonds. The predicted molar refractivity (Wildman–Crippen MR) is 56.7 cm³/mol. The monoisotopic (exact) mass is 184 g/mol. The van der Waals surface area contributed by atoms with Crippen LogP contribution >= 0.6 is 0 Å². The van der Waals surface area contributed by atoms with Gasteiger partial charge in [-0.2, -0.15) is 0 Å². The number of allylic oxidation sites excluding steroid dienone is 4. The van der Waals surface area contributed by atoms with Crippen LogP contribution in [0.15, 0.2) is 24.3 Å². The van der Waals surface area contributed by atoms with Crippen molar-refractivity contribution in [1.82, 2.24) is 0 Å². The number of rotatable bonds is 1. The van der Waals surface area contributed by atoms with Crippen molar-refractivity contribution in [1.29, 1.82) is 0 Å². The van der Waals surface area contributed by atoms with Gasteiger partial charge in [-0.05, 0) is 34.6 Å². The molecule has 0 atom stereocenters. The van der Waals surface area contributed by atoms with E-state index in [1.807, 2.05) is 38.2 Å². The SMILES string of the molecule is CC(C)(C)C(=O)O.CC=CC=CC. The maximum absolute atomic E-state index is 10.0. The second kappa shape index (κ2) is 7.59. The summed E-state index contributed by atoms with van der Waals surface area (Å²) in [6.07, 6.45) is 8.00. The zero-order valence-corrected chi connectivity index (χ0v) is 9.16. The summed E-state index contributed by atoms with van der Waals surface area (Å²) >= 11 is 0. The van der Waals surface area contributed by atoms with Crippen molar-refractivity contribution in [2.24, 2.45) is 5.41 Å². The first-order valence-electron chi connectivity index (χ1n) is 4.33. The molecule has 0 aromatic heterocycles.